The Bertz CT molecular complexity index is 369. The number of hydrogen-bond acceptors (Lipinski definition) is 2. The first-order valence-corrected chi connectivity index (χ1v) is 8.04. The lowest BCUT2D eigenvalue weighted by Crippen LogP contribution is -2.38. The smallest absolute Gasteiger partial charge is 0.119 e. The van der Waals surface area contributed by atoms with Gasteiger partial charge in [-0.05, 0) is 55.4 Å². The van der Waals surface area contributed by atoms with E-state index in [-0.39, 0.29) is 0 Å². The van der Waals surface area contributed by atoms with E-state index in [9.17, 15) is 0 Å². The average Bonchev–Trinajstić information content (AvgIpc) is 2.36. The van der Waals surface area contributed by atoms with E-state index >= 15 is 0 Å². The fourth-order valence-corrected chi connectivity index (χ4v) is 3.34. The Labute approximate surface area is 125 Å². The van der Waals surface area contributed by atoms with Crippen molar-refractivity contribution >= 4 is 15.9 Å². The highest BCUT2D eigenvalue weighted by Crippen LogP contribution is 2.28. The molecule has 0 amide bonds. The predicted molar refractivity (Wildman–Crippen MR) is 83.6 cm³/mol. The molecule has 0 heterocycles. The second-order valence-corrected chi connectivity index (χ2v) is 6.79. The van der Waals surface area contributed by atoms with Crippen LogP contribution in [0.4, 0.5) is 0 Å². The van der Waals surface area contributed by atoms with Crippen LogP contribution in [0.25, 0.3) is 0 Å². The third kappa shape index (κ3) is 5.15. The van der Waals surface area contributed by atoms with E-state index in [1.807, 2.05) is 24.3 Å². The van der Waals surface area contributed by atoms with Gasteiger partial charge >= 0.3 is 0 Å². The van der Waals surface area contributed by atoms with Gasteiger partial charge in [-0.1, -0.05) is 29.8 Å². The van der Waals surface area contributed by atoms with Crippen LogP contribution < -0.4 is 10.1 Å². The SMILES string of the molecule is CC1CC(C)CC(NCCOc2ccc(Br)cc2)C1. The van der Waals surface area contributed by atoms with Crippen LogP contribution in [0.15, 0.2) is 28.7 Å². The van der Waals surface area contributed by atoms with Gasteiger partial charge in [-0.25, -0.2) is 0 Å². The largest absolute Gasteiger partial charge is 0.492 e. The van der Waals surface area contributed by atoms with Gasteiger partial charge in [0.2, 0.25) is 0 Å². The third-order valence-corrected chi connectivity index (χ3v) is 4.32. The first kappa shape index (κ1) is 14.9. The van der Waals surface area contributed by atoms with Crippen LogP contribution in [-0.4, -0.2) is 19.2 Å². The molecule has 2 nitrogen and oxygen atoms in total. The molecule has 0 bridgehead atoms. The van der Waals surface area contributed by atoms with E-state index in [2.05, 4.69) is 35.1 Å². The summed E-state index contributed by atoms with van der Waals surface area (Å²) in [6.45, 7) is 6.40. The highest BCUT2D eigenvalue weighted by molar-refractivity contribution is 9.10. The maximum Gasteiger partial charge on any atom is 0.119 e. The van der Waals surface area contributed by atoms with Gasteiger partial charge < -0.3 is 10.1 Å². The molecule has 0 aliphatic heterocycles. The van der Waals surface area contributed by atoms with E-state index in [1.54, 1.807) is 0 Å². The lowest BCUT2D eigenvalue weighted by Gasteiger charge is -2.32. The van der Waals surface area contributed by atoms with E-state index in [4.69, 9.17) is 4.74 Å². The number of ether oxygens (including phenoxy) is 1. The Morgan fingerprint density at radius 1 is 1.11 bits per heavy atom. The zero-order valence-corrected chi connectivity index (χ0v) is 13.4. The molecule has 1 aliphatic rings. The van der Waals surface area contributed by atoms with E-state index in [0.717, 1.165) is 35.2 Å². The Morgan fingerprint density at radius 3 is 2.37 bits per heavy atom. The number of nitrogens with one attached hydrogen (secondary N) is 1. The Balaban J connectivity index is 1.65. The van der Waals surface area contributed by atoms with Crippen molar-refractivity contribution in [2.75, 3.05) is 13.2 Å². The van der Waals surface area contributed by atoms with Crippen LogP contribution in [0.5, 0.6) is 5.75 Å². The Kier molecular flexibility index (Phi) is 5.71. The van der Waals surface area contributed by atoms with Gasteiger partial charge in [0.25, 0.3) is 0 Å². The first-order valence-electron chi connectivity index (χ1n) is 7.25. The minimum Gasteiger partial charge on any atom is -0.492 e. The monoisotopic (exact) mass is 325 g/mol. The summed E-state index contributed by atoms with van der Waals surface area (Å²) in [6, 6.07) is 8.68. The van der Waals surface area contributed by atoms with Gasteiger partial charge in [-0.15, -0.1) is 0 Å². The van der Waals surface area contributed by atoms with Crippen LogP contribution in [0.3, 0.4) is 0 Å². The fraction of sp³-hybridized carbons (Fsp3) is 0.625. The van der Waals surface area contributed by atoms with Crippen molar-refractivity contribution in [3.05, 3.63) is 28.7 Å². The zero-order chi connectivity index (χ0) is 13.7. The maximum absolute atomic E-state index is 5.72. The summed E-state index contributed by atoms with van der Waals surface area (Å²) in [7, 11) is 0. The van der Waals surface area contributed by atoms with Crippen molar-refractivity contribution in [2.45, 2.75) is 39.2 Å². The van der Waals surface area contributed by atoms with Crippen molar-refractivity contribution in [1.82, 2.24) is 5.32 Å². The topological polar surface area (TPSA) is 21.3 Å². The molecule has 0 aromatic heterocycles. The Hall–Kier alpha value is -0.540. The van der Waals surface area contributed by atoms with Gasteiger partial charge in [0.05, 0.1) is 0 Å². The molecule has 1 aromatic carbocycles. The molecule has 0 saturated heterocycles. The summed E-state index contributed by atoms with van der Waals surface area (Å²) >= 11 is 3.42. The zero-order valence-electron chi connectivity index (χ0n) is 11.9. The molecule has 19 heavy (non-hydrogen) atoms. The summed E-state index contributed by atoms with van der Waals surface area (Å²) in [4.78, 5) is 0. The van der Waals surface area contributed by atoms with Gasteiger partial charge in [0.1, 0.15) is 12.4 Å². The molecule has 1 aromatic rings. The summed E-state index contributed by atoms with van der Waals surface area (Å²) < 4.78 is 6.81. The van der Waals surface area contributed by atoms with Crippen molar-refractivity contribution in [2.24, 2.45) is 11.8 Å². The van der Waals surface area contributed by atoms with Gasteiger partial charge in [0.15, 0.2) is 0 Å². The minimum atomic E-state index is 0.673. The van der Waals surface area contributed by atoms with E-state index in [1.165, 1.54) is 19.3 Å². The molecule has 1 aliphatic carbocycles. The van der Waals surface area contributed by atoms with Crippen LogP contribution in [0.2, 0.25) is 0 Å². The predicted octanol–water partition coefficient (Wildman–Crippen LogP) is 4.24. The second-order valence-electron chi connectivity index (χ2n) is 5.87. The molecule has 106 valence electrons. The van der Waals surface area contributed by atoms with Gasteiger partial charge in [-0.2, -0.15) is 0 Å². The number of hydrogen-bond donors (Lipinski definition) is 1. The second kappa shape index (κ2) is 7.30. The highest BCUT2D eigenvalue weighted by atomic mass is 79.9. The molecule has 3 heteroatoms. The molecule has 2 atom stereocenters. The summed E-state index contributed by atoms with van der Waals surface area (Å²) in [5.74, 6) is 2.65. The molecular formula is C16H24BrNO. The van der Waals surface area contributed by atoms with E-state index < -0.39 is 0 Å². The van der Waals surface area contributed by atoms with Crippen LogP contribution in [-0.2, 0) is 0 Å². The van der Waals surface area contributed by atoms with Crippen LogP contribution in [0, 0.1) is 11.8 Å². The normalized spacial score (nSPS) is 27.2. The van der Waals surface area contributed by atoms with Crippen LogP contribution in [0.1, 0.15) is 33.1 Å². The summed E-state index contributed by atoms with van der Waals surface area (Å²) in [5.41, 5.74) is 0. The molecule has 1 fully saturated rings. The fourth-order valence-electron chi connectivity index (χ4n) is 3.08. The lowest BCUT2D eigenvalue weighted by atomic mass is 9.80. The highest BCUT2D eigenvalue weighted by Gasteiger charge is 2.23. The standard InChI is InChI=1S/C16H24BrNO/c1-12-9-13(2)11-15(10-12)18-7-8-19-16-5-3-14(17)4-6-16/h3-6,12-13,15,18H,7-11H2,1-2H3. The molecule has 0 radical (unpaired) electrons. The molecule has 2 rings (SSSR count). The average molecular weight is 326 g/mol. The van der Waals surface area contributed by atoms with Crippen molar-refractivity contribution in [3.8, 4) is 5.75 Å². The van der Waals surface area contributed by atoms with Crippen molar-refractivity contribution in [1.29, 1.82) is 0 Å². The van der Waals surface area contributed by atoms with Gasteiger partial charge in [0, 0.05) is 17.1 Å². The minimum absolute atomic E-state index is 0.673. The van der Waals surface area contributed by atoms with Crippen LogP contribution >= 0.6 is 15.9 Å². The summed E-state index contributed by atoms with van der Waals surface area (Å²) in [6.07, 6.45) is 4.00. The molecular weight excluding hydrogens is 302 g/mol. The number of rotatable bonds is 5. The lowest BCUT2D eigenvalue weighted by molar-refractivity contribution is 0.225. The maximum atomic E-state index is 5.72. The summed E-state index contributed by atoms with van der Waals surface area (Å²) in [5, 5.41) is 3.63. The van der Waals surface area contributed by atoms with Gasteiger partial charge in [-0.3, -0.25) is 0 Å². The Morgan fingerprint density at radius 2 is 1.74 bits per heavy atom. The molecule has 0 spiro atoms. The number of halogens is 1. The molecule has 1 saturated carbocycles. The van der Waals surface area contributed by atoms with Crippen molar-refractivity contribution < 1.29 is 4.74 Å². The first-order chi connectivity index (χ1) is 9.13. The number of benzene rings is 1. The molecule has 2 unspecified atom stereocenters. The van der Waals surface area contributed by atoms with Crippen molar-refractivity contribution in [3.63, 3.8) is 0 Å². The third-order valence-electron chi connectivity index (χ3n) is 3.80. The molecule has 1 N–H and O–H groups in total. The quantitative estimate of drug-likeness (QED) is 0.817. The van der Waals surface area contributed by atoms with E-state index in [0.29, 0.717) is 6.04 Å².